The molecule has 0 N–H and O–H groups in total. The van der Waals surface area contributed by atoms with Crippen molar-refractivity contribution in [1.29, 1.82) is 0 Å². The van der Waals surface area contributed by atoms with E-state index in [2.05, 4.69) is 83.5 Å². The predicted octanol–water partition coefficient (Wildman–Crippen LogP) is 7.43. The van der Waals surface area contributed by atoms with E-state index < -0.39 is 0 Å². The van der Waals surface area contributed by atoms with Gasteiger partial charge in [0.1, 0.15) is 0 Å². The fourth-order valence-corrected chi connectivity index (χ4v) is 5.65. The Bertz CT molecular complexity index is 1230. The van der Waals surface area contributed by atoms with Gasteiger partial charge in [0, 0.05) is 19.9 Å². The van der Waals surface area contributed by atoms with Crippen LogP contribution >= 0.6 is 27.3 Å². The first-order valence-corrected chi connectivity index (χ1v) is 9.27. The van der Waals surface area contributed by atoms with Gasteiger partial charge in [-0.1, -0.05) is 48.5 Å². The Balaban J connectivity index is 2.09. The molecule has 110 valence electrons. The number of thiophene rings is 1. The predicted molar refractivity (Wildman–Crippen MR) is 107 cm³/mol. The van der Waals surface area contributed by atoms with Crippen LogP contribution in [0, 0.1) is 6.92 Å². The highest BCUT2D eigenvalue weighted by molar-refractivity contribution is 9.11. The summed E-state index contributed by atoms with van der Waals surface area (Å²) in [6.07, 6.45) is 0. The van der Waals surface area contributed by atoms with Crippen molar-refractivity contribution >= 4 is 69.0 Å². The van der Waals surface area contributed by atoms with Crippen LogP contribution in [0.1, 0.15) is 5.56 Å². The lowest BCUT2D eigenvalue weighted by Gasteiger charge is -2.06. The molecule has 0 aliphatic carbocycles. The standard InChI is InChI=1S/C21H13BrS/c1-12-15-8-4-2-7-14(15)11-18-19(12)17-10-13-6-3-5-9-16(13)20(22)21(17)23-18/h2-11H,1H3. The third-order valence-electron chi connectivity index (χ3n) is 4.70. The third-order valence-corrected chi connectivity index (χ3v) is 6.95. The van der Waals surface area contributed by atoms with Crippen LogP contribution in [0.2, 0.25) is 0 Å². The van der Waals surface area contributed by atoms with E-state index in [-0.39, 0.29) is 0 Å². The first-order valence-electron chi connectivity index (χ1n) is 7.66. The molecule has 5 aromatic rings. The molecule has 0 radical (unpaired) electrons. The van der Waals surface area contributed by atoms with Crippen LogP contribution in [0.25, 0.3) is 41.7 Å². The van der Waals surface area contributed by atoms with Crippen molar-refractivity contribution in [2.45, 2.75) is 6.92 Å². The van der Waals surface area contributed by atoms with Crippen LogP contribution in [0.3, 0.4) is 0 Å². The number of fused-ring (bicyclic) bond motifs is 5. The van der Waals surface area contributed by atoms with Gasteiger partial charge in [-0.25, -0.2) is 0 Å². The van der Waals surface area contributed by atoms with E-state index in [1.54, 1.807) is 0 Å². The van der Waals surface area contributed by atoms with Gasteiger partial charge >= 0.3 is 0 Å². The molecule has 0 fully saturated rings. The summed E-state index contributed by atoms with van der Waals surface area (Å²) in [5, 5.41) is 8.01. The first-order chi connectivity index (χ1) is 11.2. The van der Waals surface area contributed by atoms with Crippen molar-refractivity contribution in [2.24, 2.45) is 0 Å². The Labute approximate surface area is 146 Å². The number of halogens is 1. The maximum absolute atomic E-state index is 3.85. The van der Waals surface area contributed by atoms with Crippen molar-refractivity contribution in [3.8, 4) is 0 Å². The van der Waals surface area contributed by atoms with Crippen molar-refractivity contribution in [2.75, 3.05) is 0 Å². The van der Waals surface area contributed by atoms with E-state index in [9.17, 15) is 0 Å². The molecule has 0 saturated carbocycles. The molecule has 0 spiro atoms. The normalized spacial score (nSPS) is 11.9. The van der Waals surface area contributed by atoms with Gasteiger partial charge in [-0.2, -0.15) is 0 Å². The van der Waals surface area contributed by atoms with Crippen molar-refractivity contribution in [1.82, 2.24) is 0 Å². The monoisotopic (exact) mass is 376 g/mol. The molecule has 23 heavy (non-hydrogen) atoms. The van der Waals surface area contributed by atoms with Crippen LogP contribution in [0.4, 0.5) is 0 Å². The lowest BCUT2D eigenvalue weighted by Crippen LogP contribution is -1.80. The van der Waals surface area contributed by atoms with Gasteiger partial charge in [0.25, 0.3) is 0 Å². The fraction of sp³-hybridized carbons (Fsp3) is 0.0476. The molecule has 5 rings (SSSR count). The molecular weight excluding hydrogens is 364 g/mol. The van der Waals surface area contributed by atoms with Crippen LogP contribution in [-0.4, -0.2) is 0 Å². The summed E-state index contributed by atoms with van der Waals surface area (Å²) in [5.41, 5.74) is 1.38. The van der Waals surface area contributed by atoms with Crippen molar-refractivity contribution in [3.05, 3.63) is 70.7 Å². The zero-order chi connectivity index (χ0) is 15.6. The highest BCUT2D eigenvalue weighted by Crippen LogP contribution is 2.44. The van der Waals surface area contributed by atoms with Gasteiger partial charge in [0.2, 0.25) is 0 Å². The minimum atomic E-state index is 1.22. The topological polar surface area (TPSA) is 0 Å². The van der Waals surface area contributed by atoms with Crippen LogP contribution in [-0.2, 0) is 0 Å². The average molecular weight is 377 g/mol. The van der Waals surface area contributed by atoms with Gasteiger partial charge < -0.3 is 0 Å². The van der Waals surface area contributed by atoms with Crippen LogP contribution in [0.15, 0.2) is 65.1 Å². The van der Waals surface area contributed by atoms with E-state index in [4.69, 9.17) is 0 Å². The SMILES string of the molecule is Cc1c2ccccc2cc2sc3c(Br)c4ccccc4cc3c12. The summed E-state index contributed by atoms with van der Waals surface area (Å²) in [5.74, 6) is 0. The lowest BCUT2D eigenvalue weighted by molar-refractivity contribution is 1.61. The molecule has 0 unspecified atom stereocenters. The molecule has 0 bridgehead atoms. The van der Waals surface area contributed by atoms with E-state index >= 15 is 0 Å². The van der Waals surface area contributed by atoms with Crippen molar-refractivity contribution in [3.63, 3.8) is 0 Å². The first kappa shape index (κ1) is 13.5. The van der Waals surface area contributed by atoms with Gasteiger partial charge in [-0.05, 0) is 62.1 Å². The number of hydrogen-bond donors (Lipinski definition) is 0. The van der Waals surface area contributed by atoms with Gasteiger partial charge in [0.05, 0.1) is 4.70 Å². The Morgan fingerprint density at radius 2 is 1.43 bits per heavy atom. The van der Waals surface area contributed by atoms with Gasteiger partial charge in [0.15, 0.2) is 0 Å². The Morgan fingerprint density at radius 3 is 2.22 bits per heavy atom. The summed E-state index contributed by atoms with van der Waals surface area (Å²) in [6.45, 7) is 2.25. The van der Waals surface area contributed by atoms with Gasteiger partial charge in [-0.3, -0.25) is 0 Å². The average Bonchev–Trinajstić information content (AvgIpc) is 2.94. The zero-order valence-electron chi connectivity index (χ0n) is 12.6. The number of rotatable bonds is 0. The Hall–Kier alpha value is -1.90. The maximum atomic E-state index is 3.85. The van der Waals surface area contributed by atoms with Gasteiger partial charge in [-0.15, -0.1) is 11.3 Å². The number of aryl methyl sites for hydroxylation is 1. The van der Waals surface area contributed by atoms with E-state index in [1.165, 1.54) is 51.8 Å². The number of benzene rings is 4. The molecule has 0 aliphatic rings. The highest BCUT2D eigenvalue weighted by Gasteiger charge is 2.14. The smallest absolute Gasteiger partial charge is 0.0504 e. The van der Waals surface area contributed by atoms with E-state index in [0.717, 1.165) is 0 Å². The summed E-state index contributed by atoms with van der Waals surface area (Å²) in [4.78, 5) is 0. The molecule has 2 heteroatoms. The molecule has 0 aliphatic heterocycles. The molecule has 0 atom stereocenters. The second-order valence-corrected chi connectivity index (χ2v) is 7.83. The number of hydrogen-bond acceptors (Lipinski definition) is 1. The molecule has 0 nitrogen and oxygen atoms in total. The maximum Gasteiger partial charge on any atom is 0.0504 e. The fourth-order valence-electron chi connectivity index (χ4n) is 3.59. The molecular formula is C21H13BrS. The minimum Gasteiger partial charge on any atom is -0.134 e. The second kappa shape index (κ2) is 4.80. The molecule has 4 aromatic carbocycles. The summed E-state index contributed by atoms with van der Waals surface area (Å²) in [7, 11) is 0. The molecule has 1 heterocycles. The lowest BCUT2D eigenvalue weighted by atomic mass is 9.99. The second-order valence-electron chi connectivity index (χ2n) is 5.99. The highest BCUT2D eigenvalue weighted by atomic mass is 79.9. The summed E-state index contributed by atoms with van der Waals surface area (Å²) < 4.78 is 3.93. The largest absolute Gasteiger partial charge is 0.134 e. The molecule has 1 aromatic heterocycles. The summed E-state index contributed by atoms with van der Waals surface area (Å²) >= 11 is 5.74. The molecule has 0 saturated heterocycles. The quantitative estimate of drug-likeness (QED) is 0.263. The van der Waals surface area contributed by atoms with Crippen LogP contribution in [0.5, 0.6) is 0 Å². The van der Waals surface area contributed by atoms with E-state index in [0.29, 0.717) is 0 Å². The summed E-state index contributed by atoms with van der Waals surface area (Å²) in [6, 6.07) is 21.9. The Morgan fingerprint density at radius 1 is 0.783 bits per heavy atom. The third kappa shape index (κ3) is 1.82. The zero-order valence-corrected chi connectivity index (χ0v) is 15.0. The minimum absolute atomic E-state index is 1.22. The van der Waals surface area contributed by atoms with E-state index in [1.807, 2.05) is 11.3 Å². The van der Waals surface area contributed by atoms with Crippen LogP contribution < -0.4 is 0 Å². The van der Waals surface area contributed by atoms with Crippen molar-refractivity contribution < 1.29 is 0 Å². The molecule has 0 amide bonds. The Kier molecular flexibility index (Phi) is 2.82.